The van der Waals surface area contributed by atoms with E-state index in [1.54, 1.807) is 6.20 Å². The van der Waals surface area contributed by atoms with Crippen molar-refractivity contribution >= 4 is 5.95 Å². The molecule has 19 heavy (non-hydrogen) atoms. The molecule has 0 aliphatic carbocycles. The van der Waals surface area contributed by atoms with Gasteiger partial charge < -0.3 is 10.3 Å². The molecule has 0 saturated heterocycles. The van der Waals surface area contributed by atoms with Crippen LogP contribution in [0.2, 0.25) is 0 Å². The van der Waals surface area contributed by atoms with Gasteiger partial charge in [-0.1, -0.05) is 20.8 Å². The van der Waals surface area contributed by atoms with Crippen LogP contribution in [0.1, 0.15) is 50.4 Å². The fraction of sp³-hybridized carbons (Fsp3) is 0.538. The minimum Gasteiger partial charge on any atom is -0.347 e. The second kappa shape index (κ2) is 6.26. The second-order valence-corrected chi connectivity index (χ2v) is 4.32. The van der Waals surface area contributed by atoms with Crippen LogP contribution in [0.4, 0.5) is 5.95 Å². The first kappa shape index (κ1) is 13.5. The summed E-state index contributed by atoms with van der Waals surface area (Å²) < 4.78 is 0. The monoisotopic (exact) mass is 260 g/mol. The van der Waals surface area contributed by atoms with E-state index in [2.05, 4.69) is 51.2 Å². The number of aromatic nitrogens is 5. The molecule has 0 aliphatic heterocycles. The van der Waals surface area contributed by atoms with Gasteiger partial charge >= 0.3 is 0 Å². The van der Waals surface area contributed by atoms with Crippen LogP contribution >= 0.6 is 0 Å². The second-order valence-electron chi connectivity index (χ2n) is 4.32. The molecule has 2 rings (SSSR count). The van der Waals surface area contributed by atoms with E-state index in [4.69, 9.17) is 0 Å². The molecule has 2 aromatic rings. The molecule has 0 radical (unpaired) electrons. The SMILES string of the molecule is CCc1nnc(NC(CC)c2ncc[nH]2)nc1CC. The Morgan fingerprint density at radius 3 is 2.53 bits per heavy atom. The Balaban J connectivity index is 2.18. The van der Waals surface area contributed by atoms with Crippen LogP contribution in [0, 0.1) is 0 Å². The molecular formula is C13H20N6. The first-order valence-corrected chi connectivity index (χ1v) is 6.76. The number of aryl methyl sites for hydroxylation is 2. The normalized spacial score (nSPS) is 12.4. The lowest BCUT2D eigenvalue weighted by Gasteiger charge is -2.15. The van der Waals surface area contributed by atoms with Gasteiger partial charge in [-0.05, 0) is 19.3 Å². The summed E-state index contributed by atoms with van der Waals surface area (Å²) in [6.07, 6.45) is 6.19. The van der Waals surface area contributed by atoms with E-state index in [-0.39, 0.29) is 6.04 Å². The molecule has 2 heterocycles. The highest BCUT2D eigenvalue weighted by Crippen LogP contribution is 2.17. The number of hydrogen-bond acceptors (Lipinski definition) is 5. The first-order chi connectivity index (χ1) is 9.28. The van der Waals surface area contributed by atoms with Crippen molar-refractivity contribution in [1.29, 1.82) is 0 Å². The van der Waals surface area contributed by atoms with E-state index in [0.29, 0.717) is 5.95 Å². The third kappa shape index (κ3) is 3.07. The Morgan fingerprint density at radius 1 is 1.16 bits per heavy atom. The molecule has 2 aromatic heterocycles. The van der Waals surface area contributed by atoms with Gasteiger partial charge in [-0.3, -0.25) is 0 Å². The maximum atomic E-state index is 4.53. The predicted octanol–water partition coefficient (Wildman–Crippen LogP) is 2.28. The molecule has 6 nitrogen and oxygen atoms in total. The quantitative estimate of drug-likeness (QED) is 0.833. The number of imidazole rings is 1. The zero-order chi connectivity index (χ0) is 13.7. The van der Waals surface area contributed by atoms with Crippen LogP contribution in [0.5, 0.6) is 0 Å². The zero-order valence-corrected chi connectivity index (χ0v) is 11.6. The zero-order valence-electron chi connectivity index (χ0n) is 11.6. The Hall–Kier alpha value is -1.98. The van der Waals surface area contributed by atoms with E-state index in [9.17, 15) is 0 Å². The summed E-state index contributed by atoms with van der Waals surface area (Å²) in [5.74, 6) is 1.46. The van der Waals surface area contributed by atoms with Crippen molar-refractivity contribution in [3.63, 3.8) is 0 Å². The molecule has 1 unspecified atom stereocenters. The molecule has 0 aromatic carbocycles. The summed E-state index contributed by atoms with van der Waals surface area (Å²) in [5.41, 5.74) is 1.98. The van der Waals surface area contributed by atoms with Crippen molar-refractivity contribution in [2.45, 2.75) is 46.1 Å². The van der Waals surface area contributed by atoms with E-state index >= 15 is 0 Å². The topological polar surface area (TPSA) is 79.4 Å². The highest BCUT2D eigenvalue weighted by Gasteiger charge is 2.14. The minimum atomic E-state index is 0.0778. The van der Waals surface area contributed by atoms with Crippen LogP contribution in [0.15, 0.2) is 12.4 Å². The maximum Gasteiger partial charge on any atom is 0.243 e. The van der Waals surface area contributed by atoms with Crippen molar-refractivity contribution in [3.8, 4) is 0 Å². The molecule has 102 valence electrons. The average molecular weight is 260 g/mol. The number of nitrogens with zero attached hydrogens (tertiary/aromatic N) is 4. The Bertz CT molecular complexity index is 508. The van der Waals surface area contributed by atoms with Crippen molar-refractivity contribution in [1.82, 2.24) is 25.1 Å². The maximum absolute atomic E-state index is 4.53. The summed E-state index contributed by atoms with van der Waals surface area (Å²) in [4.78, 5) is 11.9. The van der Waals surface area contributed by atoms with Crippen molar-refractivity contribution in [2.75, 3.05) is 5.32 Å². The molecular weight excluding hydrogens is 240 g/mol. The van der Waals surface area contributed by atoms with Crippen molar-refractivity contribution in [2.24, 2.45) is 0 Å². The number of nitrogens with one attached hydrogen (secondary N) is 2. The number of anilines is 1. The fourth-order valence-corrected chi connectivity index (χ4v) is 1.99. The molecule has 0 aliphatic rings. The summed E-state index contributed by atoms with van der Waals surface area (Å²) in [6.45, 7) is 6.24. The first-order valence-electron chi connectivity index (χ1n) is 6.76. The van der Waals surface area contributed by atoms with Gasteiger partial charge in [0.15, 0.2) is 0 Å². The lowest BCUT2D eigenvalue weighted by Crippen LogP contribution is -2.15. The van der Waals surface area contributed by atoms with Gasteiger partial charge in [-0.25, -0.2) is 9.97 Å². The number of H-pyrrole nitrogens is 1. The highest BCUT2D eigenvalue weighted by molar-refractivity contribution is 5.28. The van der Waals surface area contributed by atoms with Gasteiger partial charge in [0.1, 0.15) is 5.82 Å². The van der Waals surface area contributed by atoms with Crippen LogP contribution in [-0.2, 0) is 12.8 Å². The third-order valence-electron chi connectivity index (χ3n) is 3.07. The average Bonchev–Trinajstić information content (AvgIpc) is 2.98. The molecule has 0 amide bonds. The Kier molecular flexibility index (Phi) is 4.43. The van der Waals surface area contributed by atoms with Gasteiger partial charge in [-0.2, -0.15) is 5.10 Å². The van der Waals surface area contributed by atoms with Gasteiger partial charge in [0, 0.05) is 12.4 Å². The molecule has 0 bridgehead atoms. The highest BCUT2D eigenvalue weighted by atomic mass is 15.3. The summed E-state index contributed by atoms with van der Waals surface area (Å²) in [6, 6.07) is 0.0778. The summed E-state index contributed by atoms with van der Waals surface area (Å²) in [5, 5.41) is 11.7. The predicted molar refractivity (Wildman–Crippen MR) is 73.8 cm³/mol. The van der Waals surface area contributed by atoms with Gasteiger partial charge in [0.25, 0.3) is 0 Å². The number of rotatable bonds is 6. The molecule has 1 atom stereocenters. The van der Waals surface area contributed by atoms with Crippen molar-refractivity contribution < 1.29 is 0 Å². The lowest BCUT2D eigenvalue weighted by atomic mass is 10.2. The lowest BCUT2D eigenvalue weighted by molar-refractivity contribution is 0.685. The van der Waals surface area contributed by atoms with E-state index in [1.165, 1.54) is 0 Å². The molecule has 0 spiro atoms. The van der Waals surface area contributed by atoms with Crippen LogP contribution in [0.25, 0.3) is 0 Å². The van der Waals surface area contributed by atoms with Gasteiger partial charge in [-0.15, -0.1) is 5.10 Å². The fourth-order valence-electron chi connectivity index (χ4n) is 1.99. The van der Waals surface area contributed by atoms with E-state index in [0.717, 1.165) is 36.5 Å². The van der Waals surface area contributed by atoms with Gasteiger partial charge in [0.2, 0.25) is 5.95 Å². The van der Waals surface area contributed by atoms with E-state index in [1.807, 2.05) is 6.20 Å². The van der Waals surface area contributed by atoms with Crippen molar-refractivity contribution in [3.05, 3.63) is 29.6 Å². The summed E-state index contributed by atoms with van der Waals surface area (Å²) >= 11 is 0. The van der Waals surface area contributed by atoms with Crippen LogP contribution < -0.4 is 5.32 Å². The molecule has 2 N–H and O–H groups in total. The molecule has 0 saturated carbocycles. The molecule has 6 heteroatoms. The standard InChI is InChI=1S/C13H20N6/c1-4-9-10(5-2)18-19-13(16-9)17-11(6-3)12-14-7-8-15-12/h7-8,11H,4-6H2,1-3H3,(H,14,15)(H,16,17,19). The van der Waals surface area contributed by atoms with Gasteiger partial charge in [0.05, 0.1) is 17.4 Å². The largest absolute Gasteiger partial charge is 0.347 e. The number of aromatic amines is 1. The Morgan fingerprint density at radius 2 is 1.95 bits per heavy atom. The minimum absolute atomic E-state index is 0.0778. The Labute approximate surface area is 113 Å². The van der Waals surface area contributed by atoms with Crippen LogP contribution in [-0.4, -0.2) is 25.1 Å². The number of hydrogen-bond donors (Lipinski definition) is 2. The summed E-state index contributed by atoms with van der Waals surface area (Å²) in [7, 11) is 0. The molecule has 0 fully saturated rings. The van der Waals surface area contributed by atoms with Crippen LogP contribution in [0.3, 0.4) is 0 Å². The third-order valence-corrected chi connectivity index (χ3v) is 3.07. The van der Waals surface area contributed by atoms with E-state index < -0.39 is 0 Å². The smallest absolute Gasteiger partial charge is 0.243 e.